The topological polar surface area (TPSA) is 49.4 Å². The van der Waals surface area contributed by atoms with Gasteiger partial charge in [-0.15, -0.1) is 0 Å². The van der Waals surface area contributed by atoms with Gasteiger partial charge in [-0.3, -0.25) is 9.59 Å². The van der Waals surface area contributed by atoms with E-state index in [1.54, 1.807) is 4.90 Å². The van der Waals surface area contributed by atoms with Crippen molar-refractivity contribution in [2.75, 3.05) is 6.54 Å². The molecule has 1 heterocycles. The molecule has 0 aromatic rings. The average molecular weight is 254 g/mol. The van der Waals surface area contributed by atoms with Gasteiger partial charge in [0.2, 0.25) is 5.91 Å². The highest BCUT2D eigenvalue weighted by Crippen LogP contribution is 2.22. The zero-order valence-corrected chi connectivity index (χ0v) is 12.4. The minimum absolute atomic E-state index is 0.0276. The number of likely N-dealkylation sites (tertiary alicyclic amines) is 1. The fraction of sp³-hybridized carbons (Fsp3) is 0.857. The predicted octanol–water partition coefficient (Wildman–Crippen LogP) is 1.44. The number of carbonyl (C=O) groups is 2. The first-order valence-electron chi connectivity index (χ1n) is 6.86. The molecule has 3 atom stereocenters. The van der Waals surface area contributed by atoms with E-state index in [9.17, 15) is 9.59 Å². The highest BCUT2D eigenvalue weighted by Gasteiger charge is 2.41. The second kappa shape index (κ2) is 5.83. The number of hydrogen-bond acceptors (Lipinski definition) is 3. The smallest absolute Gasteiger partial charge is 0.240 e. The van der Waals surface area contributed by atoms with Crippen LogP contribution in [0.5, 0.6) is 0 Å². The summed E-state index contributed by atoms with van der Waals surface area (Å²) in [6.07, 6.45) is 0. The zero-order chi connectivity index (χ0) is 14.0. The first-order chi connectivity index (χ1) is 8.25. The molecular formula is C14H26N2O2. The van der Waals surface area contributed by atoms with Crippen LogP contribution in [0.4, 0.5) is 0 Å². The van der Waals surface area contributed by atoms with Crippen LogP contribution in [0.25, 0.3) is 0 Å². The molecule has 4 nitrogen and oxygen atoms in total. The Morgan fingerprint density at radius 2 is 1.83 bits per heavy atom. The van der Waals surface area contributed by atoms with Gasteiger partial charge in [-0.25, -0.2) is 0 Å². The first kappa shape index (κ1) is 15.2. The summed E-state index contributed by atoms with van der Waals surface area (Å²) in [6.45, 7) is 12.4. The third kappa shape index (κ3) is 3.10. The second-order valence-corrected chi connectivity index (χ2v) is 6.00. The molecule has 1 saturated heterocycles. The minimum atomic E-state index is -0.307. The average Bonchev–Trinajstić information content (AvgIpc) is 2.54. The van der Waals surface area contributed by atoms with Gasteiger partial charge < -0.3 is 10.2 Å². The molecule has 1 aliphatic rings. The maximum Gasteiger partial charge on any atom is 0.240 e. The second-order valence-electron chi connectivity index (χ2n) is 6.00. The number of Topliss-reactive ketones (excluding diaryl/α,β-unsaturated/α-hetero) is 1. The largest absolute Gasteiger partial charge is 0.331 e. The Morgan fingerprint density at radius 3 is 2.28 bits per heavy atom. The molecule has 1 rings (SSSR count). The molecule has 18 heavy (non-hydrogen) atoms. The van der Waals surface area contributed by atoms with Crippen LogP contribution >= 0.6 is 0 Å². The van der Waals surface area contributed by atoms with Crippen LogP contribution < -0.4 is 5.32 Å². The molecule has 0 spiro atoms. The Morgan fingerprint density at radius 1 is 1.28 bits per heavy atom. The van der Waals surface area contributed by atoms with E-state index in [4.69, 9.17) is 0 Å². The number of carbonyl (C=O) groups excluding carboxylic acids is 2. The summed E-state index contributed by atoms with van der Waals surface area (Å²) in [4.78, 5) is 26.1. The van der Waals surface area contributed by atoms with Crippen molar-refractivity contribution in [1.82, 2.24) is 10.2 Å². The van der Waals surface area contributed by atoms with Crippen LogP contribution in [-0.4, -0.2) is 41.3 Å². The third-order valence-corrected chi connectivity index (χ3v) is 3.56. The van der Waals surface area contributed by atoms with E-state index in [0.29, 0.717) is 6.54 Å². The molecule has 1 unspecified atom stereocenters. The Labute approximate surface area is 110 Å². The SMILES string of the molecule is CC(C)N[C@@H]1C(=O)N(C(C)C(=O)C(C)C)C[C@@H]1C. The summed E-state index contributed by atoms with van der Waals surface area (Å²) in [5.74, 6) is 0.431. The van der Waals surface area contributed by atoms with E-state index in [0.717, 1.165) is 0 Å². The fourth-order valence-electron chi connectivity index (χ4n) is 2.51. The normalized spacial score (nSPS) is 26.2. The van der Waals surface area contributed by atoms with E-state index >= 15 is 0 Å². The molecule has 0 aromatic heterocycles. The van der Waals surface area contributed by atoms with Gasteiger partial charge in [-0.05, 0) is 12.8 Å². The Hall–Kier alpha value is -0.900. The Bertz CT molecular complexity index is 326. The van der Waals surface area contributed by atoms with E-state index in [-0.39, 0.29) is 41.7 Å². The van der Waals surface area contributed by atoms with Gasteiger partial charge in [0.15, 0.2) is 5.78 Å². The predicted molar refractivity (Wildman–Crippen MR) is 72.2 cm³/mol. The van der Waals surface area contributed by atoms with E-state index in [1.165, 1.54) is 0 Å². The minimum Gasteiger partial charge on any atom is -0.331 e. The van der Waals surface area contributed by atoms with Crippen LogP contribution in [-0.2, 0) is 9.59 Å². The Balaban J connectivity index is 2.76. The summed E-state index contributed by atoms with van der Waals surface area (Å²) in [6, 6.07) is -0.177. The number of rotatable bonds is 5. The van der Waals surface area contributed by atoms with Crippen molar-refractivity contribution >= 4 is 11.7 Å². The standard InChI is InChI=1S/C14H26N2O2/c1-8(2)13(17)11(6)16-7-10(5)12(14(16)18)15-9(3)4/h8-12,15H,7H2,1-6H3/t10-,11?,12-/m0/s1. The summed E-state index contributed by atoms with van der Waals surface area (Å²) in [7, 11) is 0. The van der Waals surface area contributed by atoms with E-state index in [2.05, 4.69) is 12.2 Å². The molecule has 0 radical (unpaired) electrons. The van der Waals surface area contributed by atoms with Gasteiger partial charge in [0, 0.05) is 18.5 Å². The number of nitrogens with one attached hydrogen (secondary N) is 1. The molecule has 1 amide bonds. The van der Waals surface area contributed by atoms with E-state index in [1.807, 2.05) is 34.6 Å². The van der Waals surface area contributed by atoms with E-state index < -0.39 is 0 Å². The van der Waals surface area contributed by atoms with Gasteiger partial charge in [-0.1, -0.05) is 34.6 Å². The van der Waals surface area contributed by atoms with Gasteiger partial charge in [0.05, 0.1) is 12.1 Å². The van der Waals surface area contributed by atoms with Crippen molar-refractivity contribution in [3.05, 3.63) is 0 Å². The summed E-state index contributed by atoms with van der Waals surface area (Å²) >= 11 is 0. The molecule has 1 N–H and O–H groups in total. The van der Waals surface area contributed by atoms with Crippen molar-refractivity contribution in [3.63, 3.8) is 0 Å². The van der Waals surface area contributed by atoms with Crippen molar-refractivity contribution in [2.24, 2.45) is 11.8 Å². The molecule has 1 aliphatic heterocycles. The summed E-state index contributed by atoms with van der Waals surface area (Å²) in [5.41, 5.74) is 0. The number of amides is 1. The lowest BCUT2D eigenvalue weighted by Gasteiger charge is -2.25. The van der Waals surface area contributed by atoms with Crippen LogP contribution in [0, 0.1) is 11.8 Å². The summed E-state index contributed by atoms with van der Waals surface area (Å²) < 4.78 is 0. The molecule has 0 saturated carbocycles. The van der Waals surface area contributed by atoms with Gasteiger partial charge in [-0.2, -0.15) is 0 Å². The first-order valence-corrected chi connectivity index (χ1v) is 6.86. The monoisotopic (exact) mass is 254 g/mol. The Kier molecular flexibility index (Phi) is 4.91. The van der Waals surface area contributed by atoms with Crippen LogP contribution in [0.15, 0.2) is 0 Å². The van der Waals surface area contributed by atoms with Crippen LogP contribution in [0.1, 0.15) is 41.5 Å². The van der Waals surface area contributed by atoms with Crippen molar-refractivity contribution in [1.29, 1.82) is 0 Å². The number of ketones is 1. The molecule has 104 valence electrons. The summed E-state index contributed by atoms with van der Waals surface area (Å²) in [5, 5.41) is 3.29. The lowest BCUT2D eigenvalue weighted by Crippen LogP contribution is -2.47. The highest BCUT2D eigenvalue weighted by atomic mass is 16.2. The fourth-order valence-corrected chi connectivity index (χ4v) is 2.51. The van der Waals surface area contributed by atoms with Crippen molar-refractivity contribution in [3.8, 4) is 0 Å². The zero-order valence-electron chi connectivity index (χ0n) is 12.4. The maximum atomic E-state index is 12.3. The maximum absolute atomic E-state index is 12.3. The van der Waals surface area contributed by atoms with Gasteiger partial charge >= 0.3 is 0 Å². The molecule has 4 heteroatoms. The van der Waals surface area contributed by atoms with Crippen LogP contribution in [0.2, 0.25) is 0 Å². The third-order valence-electron chi connectivity index (χ3n) is 3.56. The quantitative estimate of drug-likeness (QED) is 0.808. The number of nitrogens with zero attached hydrogens (tertiary/aromatic N) is 1. The highest BCUT2D eigenvalue weighted by molar-refractivity contribution is 5.92. The number of hydrogen-bond donors (Lipinski definition) is 1. The molecule has 0 aromatic carbocycles. The lowest BCUT2D eigenvalue weighted by molar-refractivity contribution is -0.138. The van der Waals surface area contributed by atoms with Gasteiger partial charge in [0.1, 0.15) is 0 Å². The molecule has 1 fully saturated rings. The van der Waals surface area contributed by atoms with Crippen molar-refractivity contribution < 1.29 is 9.59 Å². The lowest BCUT2D eigenvalue weighted by atomic mass is 10.0. The van der Waals surface area contributed by atoms with Crippen LogP contribution in [0.3, 0.4) is 0 Å². The molecule has 0 aliphatic carbocycles. The molecule has 0 bridgehead atoms. The molecular weight excluding hydrogens is 228 g/mol. The van der Waals surface area contributed by atoms with Crippen molar-refractivity contribution in [2.45, 2.75) is 59.7 Å². The van der Waals surface area contributed by atoms with Gasteiger partial charge in [0.25, 0.3) is 0 Å².